The summed E-state index contributed by atoms with van der Waals surface area (Å²) in [7, 11) is 0. The van der Waals surface area contributed by atoms with E-state index in [0.29, 0.717) is 42.3 Å². The number of carbonyl (C=O) groups is 2. The minimum atomic E-state index is -0.542. The van der Waals surface area contributed by atoms with Crippen molar-refractivity contribution in [2.75, 3.05) is 11.9 Å². The van der Waals surface area contributed by atoms with Crippen molar-refractivity contribution >= 4 is 86.3 Å². The molecule has 6 nitrogen and oxygen atoms in total. The molecule has 2 heterocycles. The second-order valence-corrected chi connectivity index (χ2v) is 8.76. The second-order valence-electron chi connectivity index (χ2n) is 6.54. The zero-order chi connectivity index (χ0) is 22.8. The van der Waals surface area contributed by atoms with Gasteiger partial charge in [-0.25, -0.2) is 4.79 Å². The second kappa shape index (κ2) is 9.50. The molecule has 1 aliphatic heterocycles. The number of aliphatic imine (C=N–C) groups is 1. The van der Waals surface area contributed by atoms with Crippen LogP contribution >= 0.6 is 46.6 Å². The van der Waals surface area contributed by atoms with Crippen LogP contribution in [0.5, 0.6) is 0 Å². The predicted octanol–water partition coefficient (Wildman–Crippen LogP) is 6.45. The average Bonchev–Trinajstić information content (AvgIpc) is 3.10. The number of halogens is 3. The molecule has 0 unspecified atom stereocenters. The summed E-state index contributed by atoms with van der Waals surface area (Å²) in [5, 5.41) is 5.01. The van der Waals surface area contributed by atoms with E-state index in [-0.39, 0.29) is 17.2 Å². The lowest BCUT2D eigenvalue weighted by atomic mass is 10.1. The summed E-state index contributed by atoms with van der Waals surface area (Å²) >= 11 is 19.9. The summed E-state index contributed by atoms with van der Waals surface area (Å²) in [6, 6.07) is 10.4. The molecule has 1 aliphatic rings. The Balaban J connectivity index is 1.61. The highest BCUT2D eigenvalue weighted by Crippen LogP contribution is 2.35. The lowest BCUT2D eigenvalue weighted by molar-refractivity contribution is -0.113. The Labute approximate surface area is 202 Å². The number of carbonyl (C=O) groups excluding carboxylic acids is 2. The fraction of sp³-hybridized carbons (Fsp3) is 0.0909. The zero-order valence-corrected chi connectivity index (χ0v) is 19.6. The third kappa shape index (κ3) is 4.61. The van der Waals surface area contributed by atoms with Gasteiger partial charge in [-0.2, -0.15) is 4.99 Å². The maximum Gasteiger partial charge on any atom is 0.341 e. The first-order valence-electron chi connectivity index (χ1n) is 9.36. The van der Waals surface area contributed by atoms with E-state index in [1.54, 1.807) is 49.4 Å². The van der Waals surface area contributed by atoms with Crippen LogP contribution < -0.4 is 5.32 Å². The molecule has 1 aromatic heterocycles. The van der Waals surface area contributed by atoms with Crippen molar-refractivity contribution in [3.05, 3.63) is 73.7 Å². The molecule has 1 N–H and O–H groups in total. The van der Waals surface area contributed by atoms with Crippen LogP contribution in [0.3, 0.4) is 0 Å². The molecule has 0 spiro atoms. The third-order valence-corrected chi connectivity index (χ3v) is 6.37. The largest absolute Gasteiger partial charge is 0.462 e. The van der Waals surface area contributed by atoms with Crippen LogP contribution in [-0.4, -0.2) is 28.6 Å². The molecule has 2 aromatic carbocycles. The summed E-state index contributed by atoms with van der Waals surface area (Å²) in [6.45, 7) is 1.94. The molecule has 10 heteroatoms. The highest BCUT2D eigenvalue weighted by atomic mass is 35.5. The Morgan fingerprint density at radius 3 is 2.66 bits per heavy atom. The number of nitrogens with zero attached hydrogens (tertiary/aromatic N) is 2. The number of esters is 1. The van der Waals surface area contributed by atoms with Crippen molar-refractivity contribution in [1.29, 1.82) is 0 Å². The first-order valence-corrected chi connectivity index (χ1v) is 11.3. The van der Waals surface area contributed by atoms with E-state index in [1.165, 1.54) is 6.20 Å². The standard InChI is InChI=1S/C22H14Cl3N3O3S/c1-2-31-21(30)13-10-26-16-7-6-11(8-12(16)18(13)25)9-17-20(29)28-22(32-17)27-19-14(23)4-3-5-15(19)24/h3-10H,2H2,1H3,(H,27,28,29). The highest BCUT2D eigenvalue weighted by molar-refractivity contribution is 8.18. The van der Waals surface area contributed by atoms with Gasteiger partial charge in [0.05, 0.1) is 43.3 Å². The van der Waals surface area contributed by atoms with Gasteiger partial charge in [0, 0.05) is 11.6 Å². The number of fused-ring (bicyclic) bond motifs is 1. The number of benzene rings is 2. The molecule has 0 saturated heterocycles. The van der Waals surface area contributed by atoms with E-state index in [1.807, 2.05) is 0 Å². The molecular formula is C22H14Cl3N3O3S. The van der Waals surface area contributed by atoms with Gasteiger partial charge in [-0.15, -0.1) is 0 Å². The highest BCUT2D eigenvalue weighted by Gasteiger charge is 2.23. The Kier molecular flexibility index (Phi) is 6.71. The molecule has 0 aliphatic carbocycles. The van der Waals surface area contributed by atoms with Crippen molar-refractivity contribution < 1.29 is 14.3 Å². The van der Waals surface area contributed by atoms with E-state index in [9.17, 15) is 9.59 Å². The normalized spacial score (nSPS) is 14.7. The average molecular weight is 507 g/mol. The zero-order valence-electron chi connectivity index (χ0n) is 16.5. The number of aromatic nitrogens is 1. The maximum atomic E-state index is 12.4. The molecule has 0 radical (unpaired) electrons. The Bertz CT molecular complexity index is 1300. The van der Waals surface area contributed by atoms with Gasteiger partial charge in [0.15, 0.2) is 5.17 Å². The lowest BCUT2D eigenvalue weighted by Gasteiger charge is -2.08. The number of pyridine rings is 1. The van der Waals surface area contributed by atoms with E-state index < -0.39 is 11.9 Å². The molecule has 0 atom stereocenters. The van der Waals surface area contributed by atoms with Gasteiger partial charge in [0.25, 0.3) is 5.91 Å². The van der Waals surface area contributed by atoms with Crippen molar-refractivity contribution in [3.63, 3.8) is 0 Å². The Morgan fingerprint density at radius 2 is 1.94 bits per heavy atom. The number of nitrogens with one attached hydrogen (secondary N) is 1. The first-order chi connectivity index (χ1) is 15.4. The smallest absolute Gasteiger partial charge is 0.341 e. The van der Waals surface area contributed by atoms with Crippen LogP contribution in [0, 0.1) is 0 Å². The van der Waals surface area contributed by atoms with E-state index in [4.69, 9.17) is 39.5 Å². The van der Waals surface area contributed by atoms with Crippen molar-refractivity contribution in [2.24, 2.45) is 4.99 Å². The summed E-state index contributed by atoms with van der Waals surface area (Å²) in [5.74, 6) is -0.940. The van der Waals surface area contributed by atoms with Crippen LogP contribution in [0.1, 0.15) is 22.8 Å². The number of para-hydroxylation sites is 1. The fourth-order valence-corrected chi connectivity index (χ4v) is 4.54. The number of thioether (sulfide) groups is 1. The molecule has 0 fully saturated rings. The van der Waals surface area contributed by atoms with Crippen molar-refractivity contribution in [3.8, 4) is 0 Å². The van der Waals surface area contributed by atoms with Gasteiger partial charge in [0.2, 0.25) is 0 Å². The number of hydrogen-bond donors (Lipinski definition) is 1. The van der Waals surface area contributed by atoms with Gasteiger partial charge in [-0.3, -0.25) is 9.78 Å². The van der Waals surface area contributed by atoms with Crippen LogP contribution in [0.15, 0.2) is 52.5 Å². The predicted molar refractivity (Wildman–Crippen MR) is 131 cm³/mol. The lowest BCUT2D eigenvalue weighted by Crippen LogP contribution is -2.06. The topological polar surface area (TPSA) is 80.7 Å². The van der Waals surface area contributed by atoms with Gasteiger partial charge >= 0.3 is 5.97 Å². The molecule has 0 bridgehead atoms. The minimum Gasteiger partial charge on any atom is -0.462 e. The van der Waals surface area contributed by atoms with Crippen molar-refractivity contribution in [2.45, 2.75) is 6.92 Å². The summed E-state index contributed by atoms with van der Waals surface area (Å²) in [4.78, 5) is 33.2. The number of anilines is 1. The Hall–Kier alpha value is -2.58. The fourth-order valence-electron chi connectivity index (χ4n) is 2.96. The van der Waals surface area contributed by atoms with Crippen LogP contribution in [0.4, 0.5) is 5.69 Å². The minimum absolute atomic E-state index is 0.184. The maximum absolute atomic E-state index is 12.4. The SMILES string of the molecule is CCOC(=O)c1cnc2ccc(C=C3SC(Nc4c(Cl)cccc4Cl)=NC3=O)cc2c1Cl. The molecule has 3 aromatic rings. The van der Waals surface area contributed by atoms with Gasteiger partial charge in [0.1, 0.15) is 0 Å². The van der Waals surface area contributed by atoms with E-state index in [2.05, 4.69) is 15.3 Å². The number of rotatable bonds is 4. The third-order valence-electron chi connectivity index (χ3n) is 4.43. The summed E-state index contributed by atoms with van der Waals surface area (Å²) in [6.07, 6.45) is 3.08. The molecule has 4 rings (SSSR count). The summed E-state index contributed by atoms with van der Waals surface area (Å²) in [5.41, 5.74) is 1.97. The molecule has 1 amide bonds. The number of amides is 1. The van der Waals surface area contributed by atoms with Crippen LogP contribution in [0.2, 0.25) is 15.1 Å². The monoisotopic (exact) mass is 505 g/mol. The summed E-state index contributed by atoms with van der Waals surface area (Å²) < 4.78 is 5.02. The van der Waals surface area contributed by atoms with Gasteiger partial charge in [-0.1, -0.05) is 46.9 Å². The quantitative estimate of drug-likeness (QED) is 0.323. The number of hydrogen-bond acceptors (Lipinski definition) is 6. The number of ether oxygens (including phenoxy) is 1. The first kappa shape index (κ1) is 22.6. The van der Waals surface area contributed by atoms with Gasteiger partial charge < -0.3 is 10.1 Å². The molecule has 162 valence electrons. The molecular weight excluding hydrogens is 493 g/mol. The van der Waals surface area contributed by atoms with Crippen molar-refractivity contribution in [1.82, 2.24) is 4.98 Å². The Morgan fingerprint density at radius 1 is 1.19 bits per heavy atom. The van der Waals surface area contributed by atoms with E-state index in [0.717, 1.165) is 11.8 Å². The number of amidine groups is 1. The van der Waals surface area contributed by atoms with Gasteiger partial charge in [-0.05, 0) is 54.6 Å². The van der Waals surface area contributed by atoms with E-state index >= 15 is 0 Å². The molecule has 0 saturated carbocycles. The molecule has 32 heavy (non-hydrogen) atoms. The van der Waals surface area contributed by atoms with Crippen LogP contribution in [0.25, 0.3) is 17.0 Å². The van der Waals surface area contributed by atoms with Crippen LogP contribution in [-0.2, 0) is 9.53 Å².